The van der Waals surface area contributed by atoms with Crippen LogP contribution in [0.4, 0.5) is 11.4 Å². The smallest absolute Gasteiger partial charge is 0.269 e. The molecule has 0 heterocycles. The average molecular weight is 484 g/mol. The SMILES string of the molecule is CCc1c(Cl)cc(NCc2cc([N+](=O)[O-])ccc2Sc2ccc(Cl)cc2)c(O)c1Cl. The van der Waals surface area contributed by atoms with Crippen molar-refractivity contribution in [3.05, 3.63) is 84.8 Å². The molecular weight excluding hydrogens is 467 g/mol. The molecule has 0 aliphatic rings. The lowest BCUT2D eigenvalue weighted by atomic mass is 10.1. The Morgan fingerprint density at radius 2 is 1.80 bits per heavy atom. The van der Waals surface area contributed by atoms with E-state index in [0.29, 0.717) is 33.3 Å². The lowest BCUT2D eigenvalue weighted by Crippen LogP contribution is -2.03. The van der Waals surface area contributed by atoms with Gasteiger partial charge in [0.2, 0.25) is 0 Å². The van der Waals surface area contributed by atoms with Crippen LogP contribution in [-0.4, -0.2) is 10.0 Å². The van der Waals surface area contributed by atoms with E-state index in [1.54, 1.807) is 24.3 Å². The Hall–Kier alpha value is -2.12. The molecule has 156 valence electrons. The molecule has 5 nitrogen and oxygen atoms in total. The van der Waals surface area contributed by atoms with Crippen LogP contribution in [0.15, 0.2) is 58.3 Å². The van der Waals surface area contributed by atoms with Gasteiger partial charge in [0.15, 0.2) is 5.75 Å². The first kappa shape index (κ1) is 22.6. The van der Waals surface area contributed by atoms with E-state index < -0.39 is 4.92 Å². The lowest BCUT2D eigenvalue weighted by Gasteiger charge is -2.15. The van der Waals surface area contributed by atoms with E-state index >= 15 is 0 Å². The van der Waals surface area contributed by atoms with Gasteiger partial charge in [-0.2, -0.15) is 0 Å². The molecule has 0 atom stereocenters. The summed E-state index contributed by atoms with van der Waals surface area (Å²) in [6, 6.07) is 13.6. The molecule has 3 rings (SSSR count). The van der Waals surface area contributed by atoms with E-state index in [4.69, 9.17) is 34.8 Å². The molecule has 0 saturated heterocycles. The number of benzene rings is 3. The molecule has 0 bridgehead atoms. The van der Waals surface area contributed by atoms with Gasteiger partial charge in [0.05, 0.1) is 15.6 Å². The van der Waals surface area contributed by atoms with Gasteiger partial charge in [-0.1, -0.05) is 53.5 Å². The molecular formula is C21H17Cl3N2O3S. The maximum Gasteiger partial charge on any atom is 0.269 e. The zero-order valence-corrected chi connectivity index (χ0v) is 18.9. The van der Waals surface area contributed by atoms with Crippen molar-refractivity contribution in [3.8, 4) is 5.75 Å². The minimum atomic E-state index is -0.443. The highest BCUT2D eigenvalue weighted by Gasteiger charge is 2.16. The summed E-state index contributed by atoms with van der Waals surface area (Å²) in [4.78, 5) is 12.6. The average Bonchev–Trinajstić information content (AvgIpc) is 2.72. The molecule has 2 N–H and O–H groups in total. The van der Waals surface area contributed by atoms with Crippen LogP contribution in [0, 0.1) is 10.1 Å². The monoisotopic (exact) mass is 482 g/mol. The van der Waals surface area contributed by atoms with Gasteiger partial charge >= 0.3 is 0 Å². The standard InChI is InChI=1S/C21H17Cl3N2O3S/c1-2-16-17(23)10-18(21(27)20(16)24)25-11-12-9-14(26(28)29)5-8-19(12)30-15-6-3-13(22)4-7-15/h3-10,25,27H,2,11H2,1H3. The van der Waals surface area contributed by atoms with Gasteiger partial charge in [-0.25, -0.2) is 0 Å². The highest BCUT2D eigenvalue weighted by Crippen LogP contribution is 2.40. The van der Waals surface area contributed by atoms with Gasteiger partial charge in [-0.3, -0.25) is 10.1 Å². The summed E-state index contributed by atoms with van der Waals surface area (Å²) < 4.78 is 0. The second kappa shape index (κ2) is 9.79. The number of nitrogens with one attached hydrogen (secondary N) is 1. The van der Waals surface area contributed by atoms with E-state index in [-0.39, 0.29) is 23.0 Å². The summed E-state index contributed by atoms with van der Waals surface area (Å²) >= 11 is 19.9. The Morgan fingerprint density at radius 1 is 1.10 bits per heavy atom. The number of phenols is 1. The summed E-state index contributed by atoms with van der Waals surface area (Å²) in [7, 11) is 0. The first-order valence-electron chi connectivity index (χ1n) is 8.94. The van der Waals surface area contributed by atoms with Crippen molar-refractivity contribution in [2.24, 2.45) is 0 Å². The zero-order valence-electron chi connectivity index (χ0n) is 15.8. The number of nitrogens with zero attached hydrogens (tertiary/aromatic N) is 1. The maximum absolute atomic E-state index is 11.2. The molecule has 3 aromatic carbocycles. The quantitative estimate of drug-likeness (QED) is 0.206. The Morgan fingerprint density at radius 3 is 2.43 bits per heavy atom. The van der Waals surface area contributed by atoms with Gasteiger partial charge in [0.25, 0.3) is 5.69 Å². The number of nitro groups is 1. The number of non-ortho nitro benzene ring substituents is 1. The second-order valence-corrected chi connectivity index (χ2v) is 8.70. The van der Waals surface area contributed by atoms with Crippen LogP contribution in [0.1, 0.15) is 18.1 Å². The number of hydrogen-bond acceptors (Lipinski definition) is 5. The van der Waals surface area contributed by atoms with Crippen molar-refractivity contribution >= 4 is 57.9 Å². The summed E-state index contributed by atoms with van der Waals surface area (Å²) in [6.45, 7) is 2.12. The number of halogens is 3. The van der Waals surface area contributed by atoms with Crippen molar-refractivity contribution in [2.45, 2.75) is 29.7 Å². The topological polar surface area (TPSA) is 75.4 Å². The molecule has 30 heavy (non-hydrogen) atoms. The minimum absolute atomic E-state index is 0.0196. The fourth-order valence-corrected chi connectivity index (χ4v) is 4.62. The third-order valence-corrected chi connectivity index (χ3v) is 6.53. The highest BCUT2D eigenvalue weighted by molar-refractivity contribution is 7.99. The van der Waals surface area contributed by atoms with E-state index in [1.807, 2.05) is 19.1 Å². The van der Waals surface area contributed by atoms with Crippen molar-refractivity contribution in [2.75, 3.05) is 5.32 Å². The van der Waals surface area contributed by atoms with Crippen LogP contribution in [0.2, 0.25) is 15.1 Å². The first-order valence-corrected chi connectivity index (χ1v) is 10.9. The molecule has 0 aromatic heterocycles. The van der Waals surface area contributed by atoms with Crippen LogP contribution in [0.25, 0.3) is 0 Å². The summed E-state index contributed by atoms with van der Waals surface area (Å²) in [5.41, 5.74) is 1.69. The van der Waals surface area contributed by atoms with Gasteiger partial charge in [-0.15, -0.1) is 0 Å². The lowest BCUT2D eigenvalue weighted by molar-refractivity contribution is -0.385. The van der Waals surface area contributed by atoms with Gasteiger partial charge in [0.1, 0.15) is 0 Å². The van der Waals surface area contributed by atoms with Crippen molar-refractivity contribution < 1.29 is 10.0 Å². The van der Waals surface area contributed by atoms with Crippen LogP contribution in [0.5, 0.6) is 5.75 Å². The van der Waals surface area contributed by atoms with Crippen LogP contribution >= 0.6 is 46.6 Å². The molecule has 0 radical (unpaired) electrons. The Bertz CT molecular complexity index is 1090. The van der Waals surface area contributed by atoms with Gasteiger partial charge in [-0.05, 0) is 53.9 Å². The zero-order chi connectivity index (χ0) is 21.8. The van der Waals surface area contributed by atoms with Crippen molar-refractivity contribution in [3.63, 3.8) is 0 Å². The number of rotatable bonds is 7. The third kappa shape index (κ3) is 5.13. The predicted octanol–water partition coefficient (Wildman–Crippen LogP) is 7.59. The number of nitro benzene ring substituents is 1. The second-order valence-electron chi connectivity index (χ2n) is 6.36. The molecule has 0 aliphatic carbocycles. The van der Waals surface area contributed by atoms with E-state index in [2.05, 4.69) is 5.32 Å². The van der Waals surface area contributed by atoms with Crippen LogP contribution < -0.4 is 5.32 Å². The normalized spacial score (nSPS) is 10.8. The minimum Gasteiger partial charge on any atom is -0.504 e. The maximum atomic E-state index is 11.2. The molecule has 0 unspecified atom stereocenters. The Labute approximate surface area is 193 Å². The van der Waals surface area contributed by atoms with Crippen molar-refractivity contribution in [1.29, 1.82) is 0 Å². The highest BCUT2D eigenvalue weighted by atomic mass is 35.5. The fourth-order valence-electron chi connectivity index (χ4n) is 2.84. The number of aromatic hydroxyl groups is 1. The molecule has 9 heteroatoms. The first-order chi connectivity index (χ1) is 14.3. The molecule has 0 saturated carbocycles. The van der Waals surface area contributed by atoms with Gasteiger partial charge in [0, 0.05) is 38.5 Å². The molecule has 0 spiro atoms. The summed E-state index contributed by atoms with van der Waals surface area (Å²) in [6.07, 6.45) is 0.582. The predicted molar refractivity (Wildman–Crippen MR) is 124 cm³/mol. The molecule has 3 aromatic rings. The van der Waals surface area contributed by atoms with Crippen LogP contribution in [0.3, 0.4) is 0 Å². The Balaban J connectivity index is 1.91. The molecule has 0 amide bonds. The van der Waals surface area contributed by atoms with E-state index in [9.17, 15) is 15.2 Å². The van der Waals surface area contributed by atoms with E-state index in [1.165, 1.54) is 23.9 Å². The number of hydrogen-bond donors (Lipinski definition) is 2. The third-order valence-electron chi connectivity index (χ3n) is 4.41. The number of anilines is 1. The fraction of sp³-hybridized carbons (Fsp3) is 0.143. The molecule has 0 aliphatic heterocycles. The largest absolute Gasteiger partial charge is 0.504 e. The van der Waals surface area contributed by atoms with E-state index in [0.717, 1.165) is 9.79 Å². The Kier molecular flexibility index (Phi) is 7.36. The van der Waals surface area contributed by atoms with Crippen LogP contribution in [-0.2, 0) is 13.0 Å². The summed E-state index contributed by atoms with van der Waals surface area (Å²) in [5.74, 6) is -0.102. The number of phenolic OH excluding ortho intramolecular Hbond substituents is 1. The van der Waals surface area contributed by atoms with Crippen molar-refractivity contribution in [1.82, 2.24) is 0 Å². The molecule has 0 fully saturated rings. The summed E-state index contributed by atoms with van der Waals surface area (Å²) in [5, 5.41) is 26.0. The van der Waals surface area contributed by atoms with Gasteiger partial charge < -0.3 is 10.4 Å².